The maximum Gasteiger partial charge on any atom is 0.261 e. The molecule has 0 atom stereocenters. The molecular formula is C20H24BrN3O2S. The first-order valence-electron chi connectivity index (χ1n) is 9.00. The molecule has 1 aromatic carbocycles. The zero-order valence-corrected chi connectivity index (χ0v) is 17.7. The highest BCUT2D eigenvalue weighted by atomic mass is 79.9. The maximum atomic E-state index is 12.6. The number of hydrogen-bond donors (Lipinski definition) is 2. The lowest BCUT2D eigenvalue weighted by Gasteiger charge is -2.13. The molecule has 0 bridgehead atoms. The summed E-state index contributed by atoms with van der Waals surface area (Å²) in [5.41, 5.74) is 1.43. The lowest BCUT2D eigenvalue weighted by atomic mass is 10.2. The molecule has 1 aromatic heterocycles. The summed E-state index contributed by atoms with van der Waals surface area (Å²) in [6.07, 6.45) is 7.91. The Kier molecular flexibility index (Phi) is 9.21. The van der Waals surface area contributed by atoms with Crippen LogP contribution in [0.2, 0.25) is 0 Å². The van der Waals surface area contributed by atoms with Crippen molar-refractivity contribution >= 4 is 39.2 Å². The van der Waals surface area contributed by atoms with Crippen molar-refractivity contribution in [3.8, 4) is 5.75 Å². The Morgan fingerprint density at radius 2 is 2.11 bits per heavy atom. The van der Waals surface area contributed by atoms with E-state index in [2.05, 4.69) is 38.5 Å². The third-order valence-corrected chi connectivity index (χ3v) is 4.58. The van der Waals surface area contributed by atoms with Crippen LogP contribution < -0.4 is 15.4 Å². The van der Waals surface area contributed by atoms with Gasteiger partial charge in [-0.25, -0.2) is 0 Å². The van der Waals surface area contributed by atoms with Gasteiger partial charge >= 0.3 is 0 Å². The highest BCUT2D eigenvalue weighted by Gasteiger charge is 2.15. The Morgan fingerprint density at radius 1 is 1.26 bits per heavy atom. The van der Waals surface area contributed by atoms with Gasteiger partial charge in [-0.05, 0) is 48.5 Å². The molecule has 2 N–H and O–H groups in total. The van der Waals surface area contributed by atoms with E-state index in [1.807, 2.05) is 18.2 Å². The Bertz CT molecular complexity index is 756. The topological polar surface area (TPSA) is 63.2 Å². The predicted molar refractivity (Wildman–Crippen MR) is 115 cm³/mol. The number of aromatic nitrogens is 1. The highest BCUT2D eigenvalue weighted by molar-refractivity contribution is 9.10. The standard InChI is InChI=1S/C20H24BrN3O2S/c1-2-3-4-5-11-26-18-9-8-16(21)12-17(18)19(25)24-20(27)23-14-15-7-6-10-22-13-15/h6-10,12-13H,2-5,11,14H2,1H3,(H2,23,24,25,27). The van der Waals surface area contributed by atoms with Gasteiger partial charge in [-0.15, -0.1) is 0 Å². The molecule has 144 valence electrons. The molecule has 0 aliphatic rings. The summed E-state index contributed by atoms with van der Waals surface area (Å²) in [6, 6.07) is 9.18. The molecule has 2 aromatic rings. The molecular weight excluding hydrogens is 426 g/mol. The zero-order valence-electron chi connectivity index (χ0n) is 15.3. The van der Waals surface area contributed by atoms with Crippen LogP contribution in [0, 0.1) is 0 Å². The molecule has 2 rings (SSSR count). The minimum Gasteiger partial charge on any atom is -0.493 e. The third kappa shape index (κ3) is 7.64. The number of halogens is 1. The van der Waals surface area contributed by atoms with Gasteiger partial charge in [-0.1, -0.05) is 48.2 Å². The quantitative estimate of drug-likeness (QED) is 0.432. The second kappa shape index (κ2) is 11.7. The number of carbonyl (C=O) groups excluding carboxylic acids is 1. The monoisotopic (exact) mass is 449 g/mol. The Balaban J connectivity index is 1.91. The van der Waals surface area contributed by atoms with E-state index in [-0.39, 0.29) is 11.0 Å². The van der Waals surface area contributed by atoms with E-state index in [1.165, 1.54) is 12.8 Å². The second-order valence-corrected chi connectivity index (χ2v) is 7.37. The molecule has 0 radical (unpaired) electrons. The minimum atomic E-state index is -0.302. The molecule has 0 unspecified atom stereocenters. The number of pyridine rings is 1. The first-order valence-corrected chi connectivity index (χ1v) is 10.2. The van der Waals surface area contributed by atoms with Gasteiger partial charge < -0.3 is 10.1 Å². The summed E-state index contributed by atoms with van der Waals surface area (Å²) in [5, 5.41) is 5.97. The van der Waals surface area contributed by atoms with Gasteiger partial charge in [0.1, 0.15) is 5.75 Å². The van der Waals surface area contributed by atoms with Crippen LogP contribution in [-0.4, -0.2) is 22.6 Å². The van der Waals surface area contributed by atoms with Crippen molar-refractivity contribution in [2.24, 2.45) is 0 Å². The number of carbonyl (C=O) groups is 1. The largest absolute Gasteiger partial charge is 0.493 e. The van der Waals surface area contributed by atoms with E-state index in [9.17, 15) is 4.79 Å². The van der Waals surface area contributed by atoms with E-state index in [4.69, 9.17) is 17.0 Å². The highest BCUT2D eigenvalue weighted by Crippen LogP contribution is 2.23. The van der Waals surface area contributed by atoms with Crippen LogP contribution >= 0.6 is 28.1 Å². The molecule has 0 aliphatic heterocycles. The van der Waals surface area contributed by atoms with Crippen molar-refractivity contribution < 1.29 is 9.53 Å². The lowest BCUT2D eigenvalue weighted by molar-refractivity contribution is 0.0972. The first-order chi connectivity index (χ1) is 13.1. The number of benzene rings is 1. The molecule has 0 spiro atoms. The predicted octanol–water partition coefficient (Wildman–Crippen LogP) is 4.61. The van der Waals surface area contributed by atoms with Crippen LogP contribution in [-0.2, 0) is 6.54 Å². The summed E-state index contributed by atoms with van der Waals surface area (Å²) in [4.78, 5) is 16.7. The molecule has 1 heterocycles. The van der Waals surface area contributed by atoms with E-state index >= 15 is 0 Å². The van der Waals surface area contributed by atoms with Gasteiger partial charge in [0.25, 0.3) is 5.91 Å². The normalized spacial score (nSPS) is 10.3. The molecule has 0 aliphatic carbocycles. The summed E-state index contributed by atoms with van der Waals surface area (Å²) >= 11 is 8.63. The van der Waals surface area contributed by atoms with Gasteiger partial charge in [0.15, 0.2) is 5.11 Å². The molecule has 0 saturated carbocycles. The van der Waals surface area contributed by atoms with Crippen molar-refractivity contribution in [3.63, 3.8) is 0 Å². The first kappa shape index (κ1) is 21.3. The summed E-state index contributed by atoms with van der Waals surface area (Å²) in [7, 11) is 0. The van der Waals surface area contributed by atoms with Gasteiger partial charge in [0, 0.05) is 23.4 Å². The van der Waals surface area contributed by atoms with E-state index < -0.39 is 0 Å². The average molecular weight is 450 g/mol. The molecule has 7 heteroatoms. The number of nitrogens with zero attached hydrogens (tertiary/aromatic N) is 1. The Morgan fingerprint density at radius 3 is 2.85 bits per heavy atom. The van der Waals surface area contributed by atoms with E-state index in [0.717, 1.165) is 22.9 Å². The van der Waals surface area contributed by atoms with Crippen LogP contribution in [0.4, 0.5) is 0 Å². The van der Waals surface area contributed by atoms with E-state index in [0.29, 0.717) is 24.5 Å². The van der Waals surface area contributed by atoms with E-state index in [1.54, 1.807) is 24.5 Å². The Labute approximate surface area is 174 Å². The average Bonchev–Trinajstić information content (AvgIpc) is 2.68. The Hall–Kier alpha value is -1.99. The van der Waals surface area contributed by atoms with Gasteiger partial charge in [0.05, 0.1) is 12.2 Å². The van der Waals surface area contributed by atoms with Crippen LogP contribution in [0.1, 0.15) is 48.5 Å². The molecule has 27 heavy (non-hydrogen) atoms. The van der Waals surface area contributed by atoms with Crippen molar-refractivity contribution in [2.45, 2.75) is 39.2 Å². The molecule has 0 saturated heterocycles. The molecule has 0 fully saturated rings. The smallest absolute Gasteiger partial charge is 0.261 e. The fourth-order valence-corrected chi connectivity index (χ4v) is 2.94. The third-order valence-electron chi connectivity index (χ3n) is 3.84. The number of hydrogen-bond acceptors (Lipinski definition) is 4. The van der Waals surface area contributed by atoms with Crippen molar-refractivity contribution in [1.82, 2.24) is 15.6 Å². The van der Waals surface area contributed by atoms with Crippen molar-refractivity contribution in [2.75, 3.05) is 6.61 Å². The van der Waals surface area contributed by atoms with Crippen LogP contribution in [0.25, 0.3) is 0 Å². The van der Waals surface area contributed by atoms with Gasteiger partial charge in [-0.2, -0.15) is 0 Å². The number of rotatable bonds is 9. The van der Waals surface area contributed by atoms with Crippen molar-refractivity contribution in [1.29, 1.82) is 0 Å². The molecule has 5 nitrogen and oxygen atoms in total. The fourth-order valence-electron chi connectivity index (χ4n) is 2.42. The lowest BCUT2D eigenvalue weighted by Crippen LogP contribution is -2.39. The second-order valence-electron chi connectivity index (χ2n) is 6.05. The van der Waals surface area contributed by atoms with Crippen molar-refractivity contribution in [3.05, 3.63) is 58.3 Å². The van der Waals surface area contributed by atoms with Gasteiger partial charge in [-0.3, -0.25) is 15.1 Å². The maximum absolute atomic E-state index is 12.6. The van der Waals surface area contributed by atoms with Gasteiger partial charge in [0.2, 0.25) is 0 Å². The summed E-state index contributed by atoms with van der Waals surface area (Å²) < 4.78 is 6.62. The number of nitrogens with one attached hydrogen (secondary N) is 2. The van der Waals surface area contributed by atoms with Crippen LogP contribution in [0.5, 0.6) is 5.75 Å². The SMILES string of the molecule is CCCCCCOc1ccc(Br)cc1C(=O)NC(=S)NCc1cccnc1. The summed E-state index contributed by atoms with van der Waals surface area (Å²) in [5.74, 6) is 0.255. The molecule has 1 amide bonds. The summed E-state index contributed by atoms with van der Waals surface area (Å²) in [6.45, 7) is 3.25. The number of ether oxygens (including phenoxy) is 1. The fraction of sp³-hybridized carbons (Fsp3) is 0.350. The van der Waals surface area contributed by atoms with Crippen LogP contribution in [0.3, 0.4) is 0 Å². The number of thiocarbonyl (C=S) groups is 1. The minimum absolute atomic E-state index is 0.262. The number of unbranched alkanes of at least 4 members (excludes halogenated alkanes) is 3. The number of amides is 1. The zero-order chi connectivity index (χ0) is 19.5. The van der Waals surface area contributed by atoms with Crippen LogP contribution in [0.15, 0.2) is 47.2 Å².